The number of methoxy groups -OCH3 is 3. The van der Waals surface area contributed by atoms with Crippen LogP contribution in [0.5, 0.6) is 0 Å². The second-order valence-corrected chi connectivity index (χ2v) is 5.39. The normalized spacial score (nSPS) is 29.9. The molecule has 0 aromatic carbocycles. The fraction of sp³-hybridized carbons (Fsp3) is 0.812. The Kier molecular flexibility index (Phi) is 10.8. The molecule has 0 aromatic rings. The molecule has 8 heteroatoms. The molecule has 4 atom stereocenters. The molecular weight excluding hydrogens is 320 g/mol. The first-order valence-corrected chi connectivity index (χ1v) is 7.80. The number of cyclic esters (lactones) is 1. The lowest BCUT2D eigenvalue weighted by atomic mass is 10.1. The van der Waals surface area contributed by atoms with Gasteiger partial charge in [-0.15, -0.1) is 0 Å². The van der Waals surface area contributed by atoms with Crippen molar-refractivity contribution >= 4 is 5.97 Å². The van der Waals surface area contributed by atoms with E-state index in [0.29, 0.717) is 6.42 Å². The standard InChI is InChI=1S/C16H28O8/c1-12-7-13(21-9-18-2)5-6-14(22-10-19-3)15(23-11-20-4)8-16(17)24-12/h5-6,12-15H,7-11H2,1-4H3/b6-5+/t12-,13-,14+,15+/m1/s1. The van der Waals surface area contributed by atoms with Crippen molar-refractivity contribution in [1.82, 2.24) is 0 Å². The second-order valence-electron chi connectivity index (χ2n) is 5.39. The monoisotopic (exact) mass is 348 g/mol. The summed E-state index contributed by atoms with van der Waals surface area (Å²) in [6.07, 6.45) is 2.61. The fourth-order valence-corrected chi connectivity index (χ4v) is 2.26. The Morgan fingerprint density at radius 2 is 1.62 bits per heavy atom. The van der Waals surface area contributed by atoms with Gasteiger partial charge in [0, 0.05) is 27.8 Å². The maximum atomic E-state index is 12.1. The molecule has 0 radical (unpaired) electrons. The Bertz CT molecular complexity index is 373. The molecule has 0 saturated carbocycles. The molecule has 1 aliphatic rings. The van der Waals surface area contributed by atoms with Gasteiger partial charge in [-0.3, -0.25) is 4.79 Å². The molecule has 24 heavy (non-hydrogen) atoms. The Morgan fingerprint density at radius 1 is 1.00 bits per heavy atom. The summed E-state index contributed by atoms with van der Waals surface area (Å²) < 4.78 is 37.0. The van der Waals surface area contributed by atoms with Crippen molar-refractivity contribution in [3.63, 3.8) is 0 Å². The summed E-state index contributed by atoms with van der Waals surface area (Å²) in [5.41, 5.74) is 0. The smallest absolute Gasteiger partial charge is 0.308 e. The predicted octanol–water partition coefficient (Wildman–Crippen LogP) is 1.24. The van der Waals surface area contributed by atoms with Crippen molar-refractivity contribution < 1.29 is 38.0 Å². The van der Waals surface area contributed by atoms with Gasteiger partial charge in [0.05, 0.1) is 12.5 Å². The molecule has 0 fully saturated rings. The largest absolute Gasteiger partial charge is 0.462 e. The third-order valence-electron chi connectivity index (χ3n) is 3.32. The van der Waals surface area contributed by atoms with Gasteiger partial charge in [-0.05, 0) is 6.92 Å². The van der Waals surface area contributed by atoms with Gasteiger partial charge >= 0.3 is 5.97 Å². The maximum Gasteiger partial charge on any atom is 0.308 e. The van der Waals surface area contributed by atoms with E-state index in [4.69, 9.17) is 33.2 Å². The van der Waals surface area contributed by atoms with E-state index in [9.17, 15) is 4.79 Å². The van der Waals surface area contributed by atoms with Crippen LogP contribution < -0.4 is 0 Å². The number of carbonyl (C=O) groups excluding carboxylic acids is 1. The SMILES string of the molecule is COCO[C@@H]1/C=C/[C@H](OCOC)[C@@H](OCOC)CC(=O)O[C@H](C)C1. The van der Waals surface area contributed by atoms with Crippen molar-refractivity contribution in [2.75, 3.05) is 41.7 Å². The second kappa shape index (κ2) is 12.3. The highest BCUT2D eigenvalue weighted by molar-refractivity contribution is 5.70. The number of esters is 1. The molecule has 0 N–H and O–H groups in total. The Labute approximate surface area is 142 Å². The quantitative estimate of drug-likeness (QED) is 0.350. The highest BCUT2D eigenvalue weighted by Crippen LogP contribution is 2.18. The van der Waals surface area contributed by atoms with E-state index >= 15 is 0 Å². The van der Waals surface area contributed by atoms with E-state index < -0.39 is 12.2 Å². The van der Waals surface area contributed by atoms with Crippen molar-refractivity contribution in [2.24, 2.45) is 0 Å². The van der Waals surface area contributed by atoms with Crippen LogP contribution in [-0.2, 0) is 38.0 Å². The molecule has 0 aromatic heterocycles. The lowest BCUT2D eigenvalue weighted by Gasteiger charge is -2.27. The molecule has 1 aliphatic heterocycles. The molecule has 0 bridgehead atoms. The van der Waals surface area contributed by atoms with Crippen LogP contribution in [0, 0.1) is 0 Å². The zero-order chi connectivity index (χ0) is 17.8. The van der Waals surface area contributed by atoms with Crippen LogP contribution >= 0.6 is 0 Å². The molecular formula is C16H28O8. The summed E-state index contributed by atoms with van der Waals surface area (Å²) >= 11 is 0. The van der Waals surface area contributed by atoms with Crippen molar-refractivity contribution in [1.29, 1.82) is 0 Å². The van der Waals surface area contributed by atoms with Gasteiger partial charge in [0.25, 0.3) is 0 Å². The number of hydrogen-bond acceptors (Lipinski definition) is 8. The van der Waals surface area contributed by atoms with E-state index in [1.807, 2.05) is 19.1 Å². The van der Waals surface area contributed by atoms with E-state index in [1.165, 1.54) is 14.2 Å². The summed E-state index contributed by atoms with van der Waals surface area (Å²) in [6, 6.07) is 0. The minimum Gasteiger partial charge on any atom is -0.462 e. The van der Waals surface area contributed by atoms with E-state index in [0.717, 1.165) is 0 Å². The minimum atomic E-state index is -0.558. The molecule has 0 saturated heterocycles. The number of hydrogen-bond donors (Lipinski definition) is 0. The third-order valence-corrected chi connectivity index (χ3v) is 3.32. The molecule has 8 nitrogen and oxygen atoms in total. The average Bonchev–Trinajstić information content (AvgIpc) is 2.55. The summed E-state index contributed by atoms with van der Waals surface area (Å²) in [7, 11) is 4.58. The van der Waals surface area contributed by atoms with Crippen molar-refractivity contribution in [3.05, 3.63) is 12.2 Å². The van der Waals surface area contributed by atoms with Gasteiger partial charge in [-0.25, -0.2) is 0 Å². The minimum absolute atomic E-state index is 0.0395. The van der Waals surface area contributed by atoms with Gasteiger partial charge in [-0.2, -0.15) is 0 Å². The van der Waals surface area contributed by atoms with Gasteiger partial charge in [0.15, 0.2) is 0 Å². The first-order valence-electron chi connectivity index (χ1n) is 7.80. The zero-order valence-corrected chi connectivity index (χ0v) is 14.8. The fourth-order valence-electron chi connectivity index (χ4n) is 2.26. The summed E-state index contributed by atoms with van der Waals surface area (Å²) in [5, 5.41) is 0. The first kappa shape index (κ1) is 21.0. The molecule has 1 rings (SSSR count). The van der Waals surface area contributed by atoms with E-state index in [-0.39, 0.29) is 45.0 Å². The van der Waals surface area contributed by atoms with Crippen LogP contribution in [0.4, 0.5) is 0 Å². The first-order chi connectivity index (χ1) is 11.6. The third kappa shape index (κ3) is 8.18. The zero-order valence-electron chi connectivity index (χ0n) is 14.8. The lowest BCUT2D eigenvalue weighted by Crippen LogP contribution is -2.36. The van der Waals surface area contributed by atoms with E-state index in [1.54, 1.807) is 7.11 Å². The van der Waals surface area contributed by atoms with Gasteiger partial charge < -0.3 is 33.2 Å². The number of ether oxygens (including phenoxy) is 7. The highest BCUT2D eigenvalue weighted by atomic mass is 16.7. The van der Waals surface area contributed by atoms with Crippen molar-refractivity contribution in [2.45, 2.75) is 44.2 Å². The van der Waals surface area contributed by atoms with Crippen molar-refractivity contribution in [3.8, 4) is 0 Å². The van der Waals surface area contributed by atoms with Crippen LogP contribution in [0.1, 0.15) is 19.8 Å². The number of rotatable bonds is 9. The molecule has 0 aliphatic carbocycles. The van der Waals surface area contributed by atoms with Crippen LogP contribution in [0.2, 0.25) is 0 Å². The van der Waals surface area contributed by atoms with Crippen LogP contribution in [-0.4, -0.2) is 72.1 Å². The Morgan fingerprint density at radius 3 is 2.29 bits per heavy atom. The molecule has 140 valence electrons. The molecule has 0 unspecified atom stereocenters. The molecule has 0 spiro atoms. The maximum absolute atomic E-state index is 12.1. The summed E-state index contributed by atoms with van der Waals surface area (Å²) in [5.74, 6) is -0.365. The number of carbonyl (C=O) groups is 1. The summed E-state index contributed by atoms with van der Waals surface area (Å²) in [4.78, 5) is 12.1. The van der Waals surface area contributed by atoms with Crippen LogP contribution in [0.25, 0.3) is 0 Å². The van der Waals surface area contributed by atoms with Gasteiger partial charge in [0.1, 0.15) is 38.7 Å². The highest BCUT2D eigenvalue weighted by Gasteiger charge is 2.28. The van der Waals surface area contributed by atoms with Crippen LogP contribution in [0.15, 0.2) is 12.2 Å². The molecule has 1 heterocycles. The van der Waals surface area contributed by atoms with Crippen LogP contribution in [0.3, 0.4) is 0 Å². The summed E-state index contributed by atoms with van der Waals surface area (Å²) in [6.45, 7) is 2.07. The topological polar surface area (TPSA) is 81.7 Å². The Balaban J connectivity index is 2.91. The Hall–Kier alpha value is -1.03. The van der Waals surface area contributed by atoms with Gasteiger partial charge in [-0.1, -0.05) is 12.2 Å². The average molecular weight is 348 g/mol. The molecule has 0 amide bonds. The van der Waals surface area contributed by atoms with E-state index in [2.05, 4.69) is 0 Å². The predicted molar refractivity (Wildman–Crippen MR) is 84.2 cm³/mol. The van der Waals surface area contributed by atoms with Gasteiger partial charge in [0.2, 0.25) is 0 Å². The lowest BCUT2D eigenvalue weighted by molar-refractivity contribution is -0.169.